The van der Waals surface area contributed by atoms with Gasteiger partial charge in [0.2, 0.25) is 0 Å². The molecule has 0 saturated heterocycles. The Hall–Kier alpha value is -4.13. The molecule has 2 N–H and O–H groups in total. The lowest BCUT2D eigenvalue weighted by Crippen LogP contribution is -2.40. The summed E-state index contributed by atoms with van der Waals surface area (Å²) in [4.78, 5) is 16.4. The average molecular weight is 482 g/mol. The van der Waals surface area contributed by atoms with E-state index in [4.69, 9.17) is 19.7 Å². The van der Waals surface area contributed by atoms with Crippen molar-refractivity contribution in [3.8, 4) is 11.5 Å². The fraction of sp³-hybridized carbons (Fsp3) is 0.167. The average Bonchev–Trinajstić information content (AvgIpc) is 3.20. The number of carbonyl (C=O) groups is 1. The third-order valence-corrected chi connectivity index (χ3v) is 6.38. The zero-order valence-electron chi connectivity index (χ0n) is 19.7. The van der Waals surface area contributed by atoms with Crippen molar-refractivity contribution in [2.24, 2.45) is 0 Å². The summed E-state index contributed by atoms with van der Waals surface area (Å²) in [5, 5.41) is 18.2. The Morgan fingerprint density at radius 3 is 1.67 bits per heavy atom. The van der Waals surface area contributed by atoms with Gasteiger partial charge in [0.1, 0.15) is 30.1 Å². The summed E-state index contributed by atoms with van der Waals surface area (Å²) in [7, 11) is 0. The van der Waals surface area contributed by atoms with Gasteiger partial charge in [-0.15, -0.1) is 0 Å². The minimum atomic E-state index is -1.10. The number of hydrogen-bond acceptors (Lipinski definition) is 5. The summed E-state index contributed by atoms with van der Waals surface area (Å²) in [5.41, 5.74) is 3.01. The first-order valence-electron chi connectivity index (χ1n) is 11.9. The molecule has 1 aliphatic heterocycles. The first-order valence-corrected chi connectivity index (χ1v) is 11.9. The minimum Gasteiger partial charge on any atom is -0.491 e. The van der Waals surface area contributed by atoms with Crippen molar-refractivity contribution in [1.82, 2.24) is 0 Å². The third kappa shape index (κ3) is 4.00. The highest BCUT2D eigenvalue weighted by Gasteiger charge is 2.53. The van der Waals surface area contributed by atoms with Gasteiger partial charge >= 0.3 is 0 Å². The number of anilines is 2. The van der Waals surface area contributed by atoms with Crippen molar-refractivity contribution < 1.29 is 24.5 Å². The van der Waals surface area contributed by atoms with E-state index in [0.717, 1.165) is 28.1 Å². The number of fused-ring (bicyclic) bond motifs is 1. The summed E-state index contributed by atoms with van der Waals surface area (Å²) < 4.78 is 11.1. The van der Waals surface area contributed by atoms with E-state index >= 15 is 0 Å². The number of ether oxygens (including phenoxy) is 2. The van der Waals surface area contributed by atoms with Crippen molar-refractivity contribution in [2.45, 2.75) is 5.41 Å². The van der Waals surface area contributed by atoms with Crippen LogP contribution in [0, 0.1) is 0 Å². The summed E-state index contributed by atoms with van der Waals surface area (Å²) >= 11 is 0. The van der Waals surface area contributed by atoms with E-state index in [1.807, 2.05) is 103 Å². The van der Waals surface area contributed by atoms with Gasteiger partial charge in [-0.05, 0) is 53.6 Å². The number of para-hydroxylation sites is 2. The number of nitrogens with zero attached hydrogens (tertiary/aromatic N) is 1. The van der Waals surface area contributed by atoms with Crippen LogP contribution in [-0.4, -0.2) is 42.5 Å². The predicted octanol–water partition coefficient (Wildman–Crippen LogP) is 4.44. The quantitative estimate of drug-likeness (QED) is 0.370. The molecule has 4 aromatic carbocycles. The predicted molar refractivity (Wildman–Crippen MR) is 138 cm³/mol. The zero-order chi connectivity index (χ0) is 25.0. The maximum atomic E-state index is 14.6. The fourth-order valence-corrected chi connectivity index (χ4v) is 4.87. The summed E-state index contributed by atoms with van der Waals surface area (Å²) in [6.07, 6.45) is 0. The van der Waals surface area contributed by atoms with Crippen LogP contribution >= 0.6 is 0 Å². The van der Waals surface area contributed by atoms with E-state index in [9.17, 15) is 4.79 Å². The maximum absolute atomic E-state index is 14.6. The number of aliphatic hydroxyl groups excluding tert-OH is 2. The van der Waals surface area contributed by atoms with Gasteiger partial charge in [0.25, 0.3) is 5.91 Å². The summed E-state index contributed by atoms with van der Waals surface area (Å²) in [5.74, 6) is 1.16. The topological polar surface area (TPSA) is 79.2 Å². The van der Waals surface area contributed by atoms with Crippen LogP contribution in [0.15, 0.2) is 103 Å². The SMILES string of the molecule is O=C1N(c2ccccc2)c2ccccc2C1(c1ccc(OCCO)cc1)c1ccc(OCCO)cc1. The highest BCUT2D eigenvalue weighted by molar-refractivity contribution is 6.17. The van der Waals surface area contributed by atoms with E-state index < -0.39 is 5.41 Å². The highest BCUT2D eigenvalue weighted by atomic mass is 16.5. The van der Waals surface area contributed by atoms with Gasteiger partial charge in [0.15, 0.2) is 0 Å². The Morgan fingerprint density at radius 1 is 0.639 bits per heavy atom. The molecule has 1 heterocycles. The van der Waals surface area contributed by atoms with Crippen LogP contribution in [0.5, 0.6) is 11.5 Å². The lowest BCUT2D eigenvalue weighted by molar-refractivity contribution is -0.120. The lowest BCUT2D eigenvalue weighted by Gasteiger charge is -2.30. The molecule has 0 aliphatic carbocycles. The Bertz CT molecular complexity index is 1270. The molecular weight excluding hydrogens is 454 g/mol. The molecule has 0 atom stereocenters. The van der Waals surface area contributed by atoms with Crippen molar-refractivity contribution in [2.75, 3.05) is 31.3 Å². The molecule has 0 aromatic heterocycles. The number of rotatable bonds is 9. The molecule has 6 nitrogen and oxygen atoms in total. The number of carbonyl (C=O) groups excluding carboxylic acids is 1. The van der Waals surface area contributed by atoms with Gasteiger partial charge in [-0.25, -0.2) is 0 Å². The number of hydrogen-bond donors (Lipinski definition) is 2. The summed E-state index contributed by atoms with van der Waals surface area (Å²) in [6, 6.07) is 32.4. The first kappa shape index (κ1) is 23.6. The lowest BCUT2D eigenvalue weighted by atomic mass is 9.70. The number of benzene rings is 4. The van der Waals surface area contributed by atoms with Gasteiger partial charge < -0.3 is 19.7 Å². The molecule has 6 heteroatoms. The minimum absolute atomic E-state index is 0.0751. The molecule has 4 aromatic rings. The van der Waals surface area contributed by atoms with E-state index in [-0.39, 0.29) is 32.3 Å². The molecule has 0 fully saturated rings. The molecule has 5 rings (SSSR count). The monoisotopic (exact) mass is 481 g/mol. The highest BCUT2D eigenvalue weighted by Crippen LogP contribution is 2.52. The van der Waals surface area contributed by atoms with Crippen LogP contribution in [0.3, 0.4) is 0 Å². The third-order valence-electron chi connectivity index (χ3n) is 6.38. The Morgan fingerprint density at radius 2 is 1.14 bits per heavy atom. The molecule has 0 unspecified atom stereocenters. The second-order valence-electron chi connectivity index (χ2n) is 8.44. The standard InChI is InChI=1S/C30H27NO5/c32-18-20-35-25-14-10-22(11-15-25)30(23-12-16-26(17-13-23)36-21-19-33)27-8-4-5-9-28(27)31(29(30)34)24-6-2-1-3-7-24/h1-17,32-33H,18-21H2. The van der Waals surface area contributed by atoms with E-state index in [1.165, 1.54) is 0 Å². The second-order valence-corrected chi connectivity index (χ2v) is 8.44. The molecule has 0 spiro atoms. The van der Waals surface area contributed by atoms with Crippen molar-refractivity contribution >= 4 is 17.3 Å². The van der Waals surface area contributed by atoms with Crippen LogP contribution in [0.2, 0.25) is 0 Å². The van der Waals surface area contributed by atoms with Crippen LogP contribution in [0.4, 0.5) is 11.4 Å². The van der Waals surface area contributed by atoms with Crippen LogP contribution in [0.1, 0.15) is 16.7 Å². The Balaban J connectivity index is 1.70. The van der Waals surface area contributed by atoms with Gasteiger partial charge in [-0.1, -0.05) is 60.7 Å². The molecule has 1 aliphatic rings. The maximum Gasteiger partial charge on any atom is 0.251 e. The molecule has 182 valence electrons. The van der Waals surface area contributed by atoms with E-state index in [0.29, 0.717) is 11.5 Å². The summed E-state index contributed by atoms with van der Waals surface area (Å²) in [6.45, 7) is 0.245. The molecule has 36 heavy (non-hydrogen) atoms. The molecule has 1 amide bonds. The second kappa shape index (κ2) is 10.2. The normalized spacial score (nSPS) is 13.9. The van der Waals surface area contributed by atoms with Gasteiger partial charge in [0.05, 0.1) is 18.9 Å². The Kier molecular flexibility index (Phi) is 6.71. The van der Waals surface area contributed by atoms with Gasteiger partial charge in [-0.3, -0.25) is 9.69 Å². The number of amides is 1. The van der Waals surface area contributed by atoms with Crippen molar-refractivity contribution in [3.63, 3.8) is 0 Å². The van der Waals surface area contributed by atoms with Crippen LogP contribution < -0.4 is 14.4 Å². The van der Waals surface area contributed by atoms with E-state index in [1.54, 1.807) is 4.90 Å². The molecule has 0 radical (unpaired) electrons. The fourth-order valence-electron chi connectivity index (χ4n) is 4.87. The van der Waals surface area contributed by atoms with Crippen LogP contribution in [-0.2, 0) is 10.2 Å². The smallest absolute Gasteiger partial charge is 0.251 e. The van der Waals surface area contributed by atoms with E-state index in [2.05, 4.69) is 0 Å². The first-order chi connectivity index (χ1) is 17.7. The van der Waals surface area contributed by atoms with Gasteiger partial charge in [-0.2, -0.15) is 0 Å². The van der Waals surface area contributed by atoms with Crippen LogP contribution in [0.25, 0.3) is 0 Å². The van der Waals surface area contributed by atoms with Gasteiger partial charge in [0, 0.05) is 11.3 Å². The number of aliphatic hydroxyl groups is 2. The largest absolute Gasteiger partial charge is 0.491 e. The molecule has 0 saturated carbocycles. The van der Waals surface area contributed by atoms with Crippen molar-refractivity contribution in [1.29, 1.82) is 0 Å². The molecular formula is C30H27NO5. The zero-order valence-corrected chi connectivity index (χ0v) is 19.7. The van der Waals surface area contributed by atoms with Crippen molar-refractivity contribution in [3.05, 3.63) is 120 Å². The Labute approximate surface area is 210 Å². The molecule has 0 bridgehead atoms.